The summed E-state index contributed by atoms with van der Waals surface area (Å²) in [6, 6.07) is 0. The molecule has 0 bridgehead atoms. The van der Waals surface area contributed by atoms with Gasteiger partial charge in [-0.25, -0.2) is 9.10 Å². The van der Waals surface area contributed by atoms with E-state index < -0.39 is 11.7 Å². The molecular formula is C9H13NO3S. The van der Waals surface area contributed by atoms with E-state index in [9.17, 15) is 4.79 Å². The normalized spacial score (nSPS) is 21.9. The molecule has 0 N–H and O–H groups in total. The summed E-state index contributed by atoms with van der Waals surface area (Å²) in [4.78, 5) is 11.5. The van der Waals surface area contributed by atoms with Gasteiger partial charge in [0.1, 0.15) is 17.8 Å². The van der Waals surface area contributed by atoms with Gasteiger partial charge in [-0.2, -0.15) is 0 Å². The second-order valence-electron chi connectivity index (χ2n) is 3.87. The molecule has 1 heterocycles. The lowest BCUT2D eigenvalue weighted by molar-refractivity contribution is 0.0411. The molecule has 0 radical (unpaired) electrons. The van der Waals surface area contributed by atoms with Gasteiger partial charge in [0.2, 0.25) is 0 Å². The van der Waals surface area contributed by atoms with Gasteiger partial charge in [-0.1, -0.05) is 5.92 Å². The van der Waals surface area contributed by atoms with E-state index in [1.165, 1.54) is 4.31 Å². The molecule has 78 valence electrons. The molecule has 14 heavy (non-hydrogen) atoms. The molecule has 0 aromatic rings. The molecule has 4 nitrogen and oxygen atoms in total. The Morgan fingerprint density at radius 2 is 2.36 bits per heavy atom. The molecule has 0 spiro atoms. The van der Waals surface area contributed by atoms with Crippen LogP contribution >= 0.6 is 12.2 Å². The number of amides is 1. The summed E-state index contributed by atoms with van der Waals surface area (Å²) < 4.78 is 11.6. The smallest absolute Gasteiger partial charge is 0.422 e. The van der Waals surface area contributed by atoms with Crippen LogP contribution in [0.3, 0.4) is 0 Å². The zero-order chi connectivity index (χ0) is 10.8. The van der Waals surface area contributed by atoms with Gasteiger partial charge in [-0.15, -0.1) is 6.42 Å². The van der Waals surface area contributed by atoms with Gasteiger partial charge >= 0.3 is 6.09 Å². The van der Waals surface area contributed by atoms with E-state index in [1.807, 2.05) is 20.8 Å². The van der Waals surface area contributed by atoms with Crippen LogP contribution in [0.15, 0.2) is 0 Å². The van der Waals surface area contributed by atoms with E-state index in [0.29, 0.717) is 6.54 Å². The minimum Gasteiger partial charge on any atom is -0.443 e. The number of rotatable bonds is 0. The highest BCUT2D eigenvalue weighted by molar-refractivity contribution is 7.93. The minimum atomic E-state index is -0.494. The Morgan fingerprint density at radius 1 is 1.71 bits per heavy atom. The largest absolute Gasteiger partial charge is 0.443 e. The quantitative estimate of drug-likeness (QED) is 0.351. The number of hydrogen-bond donors (Lipinski definition) is 0. The van der Waals surface area contributed by atoms with Crippen molar-refractivity contribution in [1.29, 1.82) is 0 Å². The maximum Gasteiger partial charge on any atom is 0.422 e. The second kappa shape index (κ2) is 4.11. The summed E-state index contributed by atoms with van der Waals surface area (Å²) in [5, 5.41) is 0. The Kier molecular flexibility index (Phi) is 3.29. The topological polar surface area (TPSA) is 38.8 Å². The van der Waals surface area contributed by atoms with Crippen molar-refractivity contribution in [3.05, 3.63) is 0 Å². The van der Waals surface area contributed by atoms with Crippen molar-refractivity contribution < 1.29 is 13.7 Å². The molecule has 1 aliphatic rings. The summed E-state index contributed by atoms with van der Waals surface area (Å²) >= 11 is 0.940. The van der Waals surface area contributed by atoms with Crippen LogP contribution in [0.2, 0.25) is 0 Å². The number of nitrogens with zero attached hydrogens (tertiary/aromatic N) is 1. The molecule has 1 aliphatic heterocycles. The SMILES string of the molecule is C#C[C@H]1CN(C(=O)OC(C)(C)C)SO1. The van der Waals surface area contributed by atoms with Crippen LogP contribution in [0.25, 0.3) is 0 Å². The van der Waals surface area contributed by atoms with E-state index in [-0.39, 0.29) is 6.10 Å². The van der Waals surface area contributed by atoms with Crippen LogP contribution in [-0.2, 0) is 8.92 Å². The molecule has 0 aromatic heterocycles. The van der Waals surface area contributed by atoms with Crippen molar-refractivity contribution >= 4 is 18.3 Å². The van der Waals surface area contributed by atoms with Gasteiger partial charge in [0.15, 0.2) is 6.10 Å². The number of carbonyl (C=O) groups excluding carboxylic acids is 1. The maximum atomic E-state index is 11.5. The number of ether oxygens (including phenoxy) is 1. The van der Waals surface area contributed by atoms with Crippen LogP contribution in [0, 0.1) is 12.3 Å². The Labute approximate surface area is 88.3 Å². The van der Waals surface area contributed by atoms with Crippen molar-refractivity contribution in [3.63, 3.8) is 0 Å². The monoisotopic (exact) mass is 215 g/mol. The predicted molar refractivity (Wildman–Crippen MR) is 54.2 cm³/mol. The Balaban J connectivity index is 2.45. The summed E-state index contributed by atoms with van der Waals surface area (Å²) in [6.45, 7) is 5.80. The van der Waals surface area contributed by atoms with Gasteiger partial charge < -0.3 is 4.74 Å². The first-order valence-electron chi connectivity index (χ1n) is 4.22. The van der Waals surface area contributed by atoms with E-state index in [2.05, 4.69) is 5.92 Å². The van der Waals surface area contributed by atoms with E-state index in [1.54, 1.807) is 0 Å². The van der Waals surface area contributed by atoms with Crippen molar-refractivity contribution in [1.82, 2.24) is 4.31 Å². The first-order chi connectivity index (χ1) is 6.42. The third-order valence-corrected chi connectivity index (χ3v) is 2.16. The minimum absolute atomic E-state index is 0.340. The lowest BCUT2D eigenvalue weighted by Crippen LogP contribution is -2.32. The molecule has 0 aliphatic carbocycles. The lowest BCUT2D eigenvalue weighted by atomic mass is 10.2. The van der Waals surface area contributed by atoms with E-state index in [4.69, 9.17) is 15.3 Å². The molecule has 0 aromatic carbocycles. The average Bonchev–Trinajstić information content (AvgIpc) is 2.48. The van der Waals surface area contributed by atoms with Gasteiger partial charge in [-0.05, 0) is 20.8 Å². The van der Waals surface area contributed by atoms with Crippen molar-refractivity contribution in [2.45, 2.75) is 32.5 Å². The van der Waals surface area contributed by atoms with Crippen LogP contribution in [0.5, 0.6) is 0 Å². The van der Waals surface area contributed by atoms with Crippen LogP contribution in [0.1, 0.15) is 20.8 Å². The van der Waals surface area contributed by atoms with Crippen molar-refractivity contribution in [2.24, 2.45) is 0 Å². The summed E-state index contributed by atoms with van der Waals surface area (Å²) in [5.41, 5.74) is -0.494. The highest BCUT2D eigenvalue weighted by Gasteiger charge is 2.31. The standard InChI is InChI=1S/C9H13NO3S/c1-5-7-6-10(14-13-7)8(11)12-9(2,3)4/h1,7H,6H2,2-4H3/t7-/m0/s1. The molecule has 1 saturated heterocycles. The lowest BCUT2D eigenvalue weighted by Gasteiger charge is -2.22. The molecule has 1 atom stereocenters. The molecule has 5 heteroatoms. The average molecular weight is 215 g/mol. The fourth-order valence-corrected chi connectivity index (χ4v) is 1.43. The Morgan fingerprint density at radius 3 is 2.79 bits per heavy atom. The van der Waals surface area contributed by atoms with Gasteiger partial charge in [0.25, 0.3) is 0 Å². The molecule has 0 saturated carbocycles. The third kappa shape index (κ3) is 3.13. The van der Waals surface area contributed by atoms with Gasteiger partial charge in [-0.3, -0.25) is 4.18 Å². The van der Waals surface area contributed by atoms with Crippen LogP contribution < -0.4 is 0 Å². The van der Waals surface area contributed by atoms with E-state index >= 15 is 0 Å². The molecule has 0 unspecified atom stereocenters. The molecular weight excluding hydrogens is 202 g/mol. The molecule has 1 rings (SSSR count). The Bertz CT molecular complexity index is 266. The highest BCUT2D eigenvalue weighted by Crippen LogP contribution is 2.25. The number of terminal acetylenes is 1. The Hall–Kier alpha value is -0.860. The van der Waals surface area contributed by atoms with Gasteiger partial charge in [0, 0.05) is 0 Å². The zero-order valence-electron chi connectivity index (χ0n) is 8.44. The van der Waals surface area contributed by atoms with Crippen LogP contribution in [0.4, 0.5) is 4.79 Å². The maximum absolute atomic E-state index is 11.5. The number of hydrogen-bond acceptors (Lipinski definition) is 4. The molecule has 1 fully saturated rings. The summed E-state index contributed by atoms with van der Waals surface area (Å²) in [5.74, 6) is 2.42. The fraction of sp³-hybridized carbons (Fsp3) is 0.667. The summed E-state index contributed by atoms with van der Waals surface area (Å²) in [7, 11) is 0. The van der Waals surface area contributed by atoms with Crippen molar-refractivity contribution in [3.8, 4) is 12.3 Å². The second-order valence-corrected chi connectivity index (χ2v) is 4.65. The first kappa shape index (κ1) is 11.2. The molecule has 1 amide bonds. The summed E-state index contributed by atoms with van der Waals surface area (Å²) in [6.07, 6.45) is 4.40. The zero-order valence-corrected chi connectivity index (χ0v) is 9.26. The highest BCUT2D eigenvalue weighted by atomic mass is 32.2. The number of carbonyl (C=O) groups is 1. The predicted octanol–water partition coefficient (Wildman–Crippen LogP) is 1.82. The first-order valence-corrected chi connectivity index (χ1v) is 4.92. The van der Waals surface area contributed by atoms with Crippen LogP contribution in [-0.4, -0.2) is 28.6 Å². The van der Waals surface area contributed by atoms with Crippen molar-refractivity contribution in [2.75, 3.05) is 6.54 Å². The van der Waals surface area contributed by atoms with E-state index in [0.717, 1.165) is 12.2 Å². The fourth-order valence-electron chi connectivity index (χ4n) is 0.814. The third-order valence-electron chi connectivity index (χ3n) is 1.36. The van der Waals surface area contributed by atoms with Gasteiger partial charge in [0.05, 0.1) is 6.54 Å².